The van der Waals surface area contributed by atoms with E-state index in [2.05, 4.69) is 24.8 Å². The van der Waals surface area contributed by atoms with E-state index in [4.69, 9.17) is 37.7 Å². The summed E-state index contributed by atoms with van der Waals surface area (Å²) in [6.07, 6.45) is -5.97. The summed E-state index contributed by atoms with van der Waals surface area (Å²) in [5, 5.41) is 32.6. The van der Waals surface area contributed by atoms with Crippen molar-refractivity contribution >= 4 is 57.8 Å². The van der Waals surface area contributed by atoms with Crippen molar-refractivity contribution in [3.8, 4) is 0 Å². The summed E-state index contributed by atoms with van der Waals surface area (Å²) in [6.45, 7) is -0.492. The van der Waals surface area contributed by atoms with Gasteiger partial charge in [0, 0.05) is 17.6 Å². The Hall–Kier alpha value is -1.91. The van der Waals surface area contributed by atoms with E-state index in [9.17, 15) is 23.2 Å². The normalized spacial score (nSPS) is 22.8. The van der Waals surface area contributed by atoms with Crippen molar-refractivity contribution in [2.75, 3.05) is 17.4 Å². The van der Waals surface area contributed by atoms with Crippen LogP contribution in [-0.2, 0) is 30.1 Å². The van der Waals surface area contributed by atoms with E-state index in [0.29, 0.717) is 17.3 Å². The van der Waals surface area contributed by atoms with Crippen molar-refractivity contribution in [1.82, 2.24) is 20.0 Å². The largest absolute Gasteiger partial charge is 0.387 e. The molecule has 1 fully saturated rings. The molecule has 0 unspecified atom stereocenters. The minimum atomic E-state index is -4.92. The molecular weight excluding hydrogens is 564 g/mol. The Labute approximate surface area is 214 Å². The Kier molecular flexibility index (Phi) is 7.88. The minimum absolute atomic E-state index is 0.0594. The highest BCUT2D eigenvalue weighted by Crippen LogP contribution is 2.37. The molecule has 4 atom stereocenters. The lowest BCUT2D eigenvalue weighted by atomic mass is 10.1. The maximum absolute atomic E-state index is 11.8. The van der Waals surface area contributed by atoms with Gasteiger partial charge in [-0.3, -0.25) is 8.75 Å². The van der Waals surface area contributed by atoms with E-state index >= 15 is 0 Å². The predicted octanol–water partition coefficient (Wildman–Crippen LogP) is 0.846. The molecule has 2 aromatic heterocycles. The third-order valence-electron chi connectivity index (χ3n) is 5.14. The number of aromatic nitrogens is 4. The van der Waals surface area contributed by atoms with E-state index in [1.54, 1.807) is 12.1 Å². The van der Waals surface area contributed by atoms with E-state index < -0.39 is 54.4 Å². The fraction of sp³-hybridized carbons (Fsp3) is 0.389. The number of pyridine rings is 1. The lowest BCUT2D eigenvalue weighted by Gasteiger charge is -2.15. The fourth-order valence-electron chi connectivity index (χ4n) is 3.51. The molecule has 0 radical (unpaired) electrons. The summed E-state index contributed by atoms with van der Waals surface area (Å²) >= 11 is 12.4. The van der Waals surface area contributed by atoms with Crippen molar-refractivity contribution in [2.45, 2.75) is 31.1 Å². The molecule has 0 spiro atoms. The maximum Gasteiger partial charge on any atom is 0.343 e. The molecule has 14 nitrogen and oxygen atoms in total. The highest BCUT2D eigenvalue weighted by Gasteiger charge is 2.46. The number of halogens is 2. The molecule has 1 aromatic carbocycles. The summed E-state index contributed by atoms with van der Waals surface area (Å²) in [5.74, 6) is 0. The van der Waals surface area contributed by atoms with Gasteiger partial charge in [0.25, 0.3) is 10.1 Å². The van der Waals surface area contributed by atoms with Crippen LogP contribution >= 0.6 is 30.8 Å². The van der Waals surface area contributed by atoms with Gasteiger partial charge < -0.3 is 30.1 Å². The Morgan fingerprint density at radius 1 is 1.19 bits per heavy atom. The number of rotatable bonds is 9. The molecule has 196 valence electrons. The van der Waals surface area contributed by atoms with E-state index in [1.807, 2.05) is 12.1 Å². The van der Waals surface area contributed by atoms with Crippen molar-refractivity contribution in [3.63, 3.8) is 0 Å². The summed E-state index contributed by atoms with van der Waals surface area (Å²) in [7, 11) is -9.55. The summed E-state index contributed by atoms with van der Waals surface area (Å²) in [4.78, 5) is 21.9. The first-order valence-electron chi connectivity index (χ1n) is 10.2. The summed E-state index contributed by atoms with van der Waals surface area (Å²) in [5.41, 5.74) is 0.0702. The second-order valence-electron chi connectivity index (χ2n) is 7.83. The van der Waals surface area contributed by atoms with Crippen LogP contribution in [0.3, 0.4) is 0 Å². The quantitative estimate of drug-likeness (QED) is 0.135. The zero-order chi connectivity index (χ0) is 26.3. The molecule has 0 saturated carbocycles. The van der Waals surface area contributed by atoms with Crippen LogP contribution in [0.25, 0.3) is 11.2 Å². The Morgan fingerprint density at radius 3 is 2.61 bits per heavy atom. The highest BCUT2D eigenvalue weighted by molar-refractivity contribution is 7.93. The number of fused-ring (bicyclic) bond motifs is 1. The molecule has 3 heterocycles. The number of nitrogens with zero attached hydrogens (tertiary/aromatic N) is 4. The van der Waals surface area contributed by atoms with Crippen LogP contribution in [-0.4, -0.2) is 78.8 Å². The molecule has 1 saturated heterocycles. The number of ether oxygens (including phenoxy) is 1. The number of benzene rings is 1. The van der Waals surface area contributed by atoms with Gasteiger partial charge in [0.1, 0.15) is 23.5 Å². The fourth-order valence-corrected chi connectivity index (χ4v) is 6.19. The van der Waals surface area contributed by atoms with Gasteiger partial charge in [0.05, 0.1) is 12.3 Å². The van der Waals surface area contributed by atoms with Gasteiger partial charge in [0.2, 0.25) is 0 Å². The topological polar surface area (TPSA) is 206 Å². The average molecular weight is 584 g/mol. The number of aliphatic hydroxyl groups excluding tert-OH is 2. The van der Waals surface area contributed by atoms with Gasteiger partial charge in [-0.2, -0.15) is 13.1 Å². The zero-order valence-corrected chi connectivity index (χ0v) is 21.3. The monoisotopic (exact) mass is 583 g/mol. The Bertz CT molecular complexity index is 1420. The molecule has 18 heteroatoms. The van der Waals surface area contributed by atoms with Crippen molar-refractivity contribution in [3.05, 3.63) is 46.1 Å². The molecule has 1 aliphatic heterocycles. The number of anilines is 1. The Morgan fingerprint density at radius 2 is 1.92 bits per heavy atom. The average Bonchev–Trinajstić information content (AvgIpc) is 3.31. The molecular formula is C18H20Cl2N5O9PS. The van der Waals surface area contributed by atoms with Crippen molar-refractivity contribution in [1.29, 1.82) is 0 Å². The lowest BCUT2D eigenvalue weighted by molar-refractivity contribution is -0.0535. The summed E-state index contributed by atoms with van der Waals surface area (Å²) < 4.78 is 45.6. The van der Waals surface area contributed by atoms with Crippen LogP contribution in [0.15, 0.2) is 30.3 Å². The van der Waals surface area contributed by atoms with E-state index in [0.717, 1.165) is 10.2 Å². The van der Waals surface area contributed by atoms with Crippen molar-refractivity contribution < 1.29 is 41.9 Å². The predicted molar refractivity (Wildman–Crippen MR) is 127 cm³/mol. The minimum Gasteiger partial charge on any atom is -0.387 e. The van der Waals surface area contributed by atoms with Crippen LogP contribution in [0.5, 0.6) is 0 Å². The SMILES string of the molecule is O=P(O)(O)CS(=O)(=O)OC[C@@H]1O[C@@H](n2nnc3c(NCc4ccccc4Cl)cc(Cl)nc32)[C@H](O)[C@@H]1O. The number of hydrogen-bond acceptors (Lipinski definition) is 11. The van der Waals surface area contributed by atoms with Gasteiger partial charge in [-0.15, -0.1) is 5.10 Å². The lowest BCUT2D eigenvalue weighted by Crippen LogP contribution is -2.34. The first-order valence-corrected chi connectivity index (χ1v) is 14.3. The highest BCUT2D eigenvalue weighted by atomic mass is 35.5. The third kappa shape index (κ3) is 6.14. The van der Waals surface area contributed by atoms with Crippen LogP contribution in [0.1, 0.15) is 11.8 Å². The van der Waals surface area contributed by atoms with Gasteiger partial charge in [0.15, 0.2) is 22.9 Å². The smallest absolute Gasteiger partial charge is 0.343 e. The van der Waals surface area contributed by atoms with Gasteiger partial charge in [-0.05, 0) is 11.6 Å². The van der Waals surface area contributed by atoms with Gasteiger partial charge in [-0.25, -0.2) is 4.98 Å². The van der Waals surface area contributed by atoms with Crippen LogP contribution in [0.4, 0.5) is 5.69 Å². The van der Waals surface area contributed by atoms with E-state index in [1.165, 1.54) is 6.07 Å². The first-order chi connectivity index (χ1) is 16.8. The van der Waals surface area contributed by atoms with Crippen molar-refractivity contribution in [2.24, 2.45) is 0 Å². The number of aliphatic hydroxyl groups is 2. The number of hydrogen-bond donors (Lipinski definition) is 5. The second kappa shape index (κ2) is 10.5. The van der Waals surface area contributed by atoms with Gasteiger partial charge in [-0.1, -0.05) is 46.6 Å². The molecule has 0 bridgehead atoms. The Balaban J connectivity index is 1.54. The summed E-state index contributed by atoms with van der Waals surface area (Å²) in [6, 6.07) is 8.72. The molecule has 36 heavy (non-hydrogen) atoms. The third-order valence-corrected chi connectivity index (χ3v) is 8.81. The van der Waals surface area contributed by atoms with Gasteiger partial charge >= 0.3 is 7.60 Å². The molecule has 3 aromatic rings. The second-order valence-corrected chi connectivity index (χ2v) is 12.3. The molecule has 5 N–H and O–H groups in total. The van der Waals surface area contributed by atoms with Crippen LogP contribution in [0.2, 0.25) is 10.2 Å². The maximum atomic E-state index is 11.8. The molecule has 1 aliphatic rings. The van der Waals surface area contributed by atoms with Crippen LogP contribution < -0.4 is 5.32 Å². The van der Waals surface area contributed by atoms with E-state index in [-0.39, 0.29) is 16.3 Å². The molecule has 0 aliphatic carbocycles. The molecule has 4 rings (SSSR count). The molecule has 0 amide bonds. The standard InChI is InChI=1S/C18H20Cl2N5O9PS/c19-10-4-2-1-3-9(10)6-21-11-5-13(20)22-17-14(11)23-24-25(17)18-16(27)15(26)12(34-18)7-33-36(31,32)8-35(28,29)30/h1-5,12,15-16,18,26-27H,6-8H2,(H,21,22)(H2,28,29,30)/t12-,15+,16+,18+/m0/s1. The number of nitrogens with one attached hydrogen (secondary N) is 1. The van der Waals surface area contributed by atoms with Crippen LogP contribution in [0, 0.1) is 0 Å². The zero-order valence-electron chi connectivity index (χ0n) is 18.0. The first kappa shape index (κ1) is 27.1.